The minimum Gasteiger partial charge on any atom is -0.423 e. The number of piperidine rings is 1. The fraction of sp³-hybridized carbons (Fsp3) is 0.381. The Morgan fingerprint density at radius 2 is 1.68 bits per heavy atom. The first-order valence-electron chi connectivity index (χ1n) is 9.25. The van der Waals surface area contributed by atoms with Crippen LogP contribution >= 0.6 is 11.6 Å². The molecule has 150 valence electrons. The molecular formula is C21H24ClNO4S. The van der Waals surface area contributed by atoms with Crippen LogP contribution in [0, 0.1) is 18.8 Å². The zero-order valence-electron chi connectivity index (χ0n) is 16.2. The number of carbonyl (C=O) groups excluding carboxylic acids is 1. The molecule has 2 aromatic rings. The topological polar surface area (TPSA) is 63.7 Å². The van der Waals surface area contributed by atoms with Gasteiger partial charge in [-0.15, -0.1) is 0 Å². The molecule has 1 fully saturated rings. The van der Waals surface area contributed by atoms with Gasteiger partial charge in [-0.25, -0.2) is 13.2 Å². The molecule has 7 heteroatoms. The van der Waals surface area contributed by atoms with Crippen LogP contribution in [0.5, 0.6) is 5.75 Å². The molecule has 0 spiro atoms. The number of esters is 1. The molecule has 28 heavy (non-hydrogen) atoms. The van der Waals surface area contributed by atoms with E-state index in [9.17, 15) is 13.2 Å². The number of hydrogen-bond donors (Lipinski definition) is 0. The maximum Gasteiger partial charge on any atom is 0.343 e. The van der Waals surface area contributed by atoms with Gasteiger partial charge < -0.3 is 4.74 Å². The van der Waals surface area contributed by atoms with Gasteiger partial charge in [-0.1, -0.05) is 25.4 Å². The first kappa shape index (κ1) is 20.8. The number of halogens is 1. The van der Waals surface area contributed by atoms with Crippen LogP contribution in [0.1, 0.15) is 36.2 Å². The van der Waals surface area contributed by atoms with Gasteiger partial charge in [-0.2, -0.15) is 4.31 Å². The molecule has 1 aliphatic rings. The molecule has 1 aliphatic heterocycles. The van der Waals surface area contributed by atoms with Crippen molar-refractivity contribution in [1.82, 2.24) is 4.31 Å². The largest absolute Gasteiger partial charge is 0.423 e. The maximum absolute atomic E-state index is 12.9. The van der Waals surface area contributed by atoms with E-state index in [0.717, 1.165) is 12.0 Å². The van der Waals surface area contributed by atoms with E-state index in [1.54, 1.807) is 25.1 Å². The highest BCUT2D eigenvalue weighted by atomic mass is 35.5. The van der Waals surface area contributed by atoms with Gasteiger partial charge in [0.1, 0.15) is 5.75 Å². The molecule has 1 saturated heterocycles. The number of benzene rings is 2. The third-order valence-electron chi connectivity index (χ3n) is 4.90. The lowest BCUT2D eigenvalue weighted by Gasteiger charge is -2.34. The fourth-order valence-corrected chi connectivity index (χ4v) is 5.51. The average molecular weight is 422 g/mol. The number of carbonyl (C=O) groups is 1. The Morgan fingerprint density at radius 1 is 1.07 bits per heavy atom. The monoisotopic (exact) mass is 421 g/mol. The van der Waals surface area contributed by atoms with Crippen LogP contribution < -0.4 is 4.74 Å². The summed E-state index contributed by atoms with van der Waals surface area (Å²) in [6, 6.07) is 10.9. The minimum absolute atomic E-state index is 0.188. The second kappa shape index (κ2) is 8.23. The summed E-state index contributed by atoms with van der Waals surface area (Å²) in [4.78, 5) is 12.6. The van der Waals surface area contributed by atoms with Gasteiger partial charge in [0.15, 0.2) is 0 Å². The van der Waals surface area contributed by atoms with Crippen molar-refractivity contribution < 1.29 is 17.9 Å². The van der Waals surface area contributed by atoms with E-state index in [4.69, 9.17) is 16.3 Å². The quantitative estimate of drug-likeness (QED) is 0.537. The molecule has 5 nitrogen and oxygen atoms in total. The van der Waals surface area contributed by atoms with Crippen molar-refractivity contribution in [3.8, 4) is 5.75 Å². The molecule has 0 saturated carbocycles. The van der Waals surface area contributed by atoms with Gasteiger partial charge in [-0.3, -0.25) is 0 Å². The molecule has 0 radical (unpaired) electrons. The molecule has 0 N–H and O–H groups in total. The number of sulfonamides is 1. The summed E-state index contributed by atoms with van der Waals surface area (Å²) in [7, 11) is -3.57. The highest BCUT2D eigenvalue weighted by Gasteiger charge is 2.31. The van der Waals surface area contributed by atoms with Gasteiger partial charge in [0.25, 0.3) is 0 Å². The predicted molar refractivity (Wildman–Crippen MR) is 109 cm³/mol. The van der Waals surface area contributed by atoms with E-state index in [1.807, 2.05) is 0 Å². The lowest BCUT2D eigenvalue weighted by atomic mass is 9.94. The molecule has 0 amide bonds. The SMILES string of the molecule is Cc1cc(Cl)ccc1OC(=O)c1ccc(S(=O)(=O)N2C[C@@H](C)C[C@H](C)C2)cc1. The Morgan fingerprint density at radius 3 is 2.25 bits per heavy atom. The van der Waals surface area contributed by atoms with Crippen molar-refractivity contribution >= 4 is 27.6 Å². The van der Waals surface area contributed by atoms with Crippen LogP contribution in [0.4, 0.5) is 0 Å². The van der Waals surface area contributed by atoms with Crippen molar-refractivity contribution in [3.05, 3.63) is 58.6 Å². The van der Waals surface area contributed by atoms with Crippen molar-refractivity contribution in [2.75, 3.05) is 13.1 Å². The second-order valence-corrected chi connectivity index (χ2v) is 9.97. The number of hydrogen-bond acceptors (Lipinski definition) is 4. The van der Waals surface area contributed by atoms with Crippen LogP contribution in [-0.4, -0.2) is 31.8 Å². The van der Waals surface area contributed by atoms with E-state index < -0.39 is 16.0 Å². The summed E-state index contributed by atoms with van der Waals surface area (Å²) >= 11 is 5.91. The molecule has 1 heterocycles. The van der Waals surface area contributed by atoms with E-state index in [-0.39, 0.29) is 10.5 Å². The summed E-state index contributed by atoms with van der Waals surface area (Å²) in [5.74, 6) is 0.530. The Hall–Kier alpha value is -1.89. The molecule has 0 aromatic heterocycles. The normalized spacial score (nSPS) is 20.7. The molecule has 0 bridgehead atoms. The van der Waals surface area contributed by atoms with E-state index >= 15 is 0 Å². The Bertz CT molecular complexity index is 962. The standard InChI is InChI=1S/C21H24ClNO4S/c1-14-10-15(2)13-23(12-14)28(25,26)19-7-4-17(5-8-19)21(24)27-20-9-6-18(22)11-16(20)3/h4-9,11,14-15H,10,12-13H2,1-3H3/t14-,15-/m0/s1. The summed E-state index contributed by atoms with van der Waals surface area (Å²) in [6.07, 6.45) is 1.03. The summed E-state index contributed by atoms with van der Waals surface area (Å²) in [5, 5.41) is 0.563. The second-order valence-electron chi connectivity index (χ2n) is 7.59. The minimum atomic E-state index is -3.57. The molecule has 2 aromatic carbocycles. The van der Waals surface area contributed by atoms with Crippen molar-refractivity contribution in [2.24, 2.45) is 11.8 Å². The van der Waals surface area contributed by atoms with Crippen molar-refractivity contribution in [2.45, 2.75) is 32.1 Å². The number of nitrogens with zero attached hydrogens (tertiary/aromatic N) is 1. The Balaban J connectivity index is 1.76. The lowest BCUT2D eigenvalue weighted by molar-refractivity contribution is 0.0733. The fourth-order valence-electron chi connectivity index (χ4n) is 3.60. The first-order valence-corrected chi connectivity index (χ1v) is 11.1. The number of aryl methyl sites for hydroxylation is 1. The van der Waals surface area contributed by atoms with Gasteiger partial charge >= 0.3 is 5.97 Å². The summed E-state index contributed by atoms with van der Waals surface area (Å²) in [6.45, 7) is 6.97. The number of rotatable bonds is 4. The van der Waals surface area contributed by atoms with Gasteiger partial charge in [0, 0.05) is 18.1 Å². The molecule has 3 rings (SSSR count). The van der Waals surface area contributed by atoms with Crippen LogP contribution in [0.2, 0.25) is 5.02 Å². The third-order valence-corrected chi connectivity index (χ3v) is 6.98. The van der Waals surface area contributed by atoms with Crippen LogP contribution in [0.3, 0.4) is 0 Å². The summed E-state index contributed by atoms with van der Waals surface area (Å²) < 4.78 is 32.8. The van der Waals surface area contributed by atoms with E-state index in [1.165, 1.54) is 28.6 Å². The van der Waals surface area contributed by atoms with Gasteiger partial charge in [-0.05, 0) is 73.2 Å². The Labute approximate surface area is 171 Å². The van der Waals surface area contributed by atoms with E-state index in [0.29, 0.717) is 35.7 Å². The molecule has 0 unspecified atom stereocenters. The highest BCUT2D eigenvalue weighted by Crippen LogP contribution is 2.27. The maximum atomic E-state index is 12.9. The predicted octanol–water partition coefficient (Wildman–Crippen LogP) is 4.53. The lowest BCUT2D eigenvalue weighted by Crippen LogP contribution is -2.42. The smallest absolute Gasteiger partial charge is 0.343 e. The zero-order valence-corrected chi connectivity index (χ0v) is 17.8. The van der Waals surface area contributed by atoms with E-state index in [2.05, 4.69) is 13.8 Å². The van der Waals surface area contributed by atoms with Gasteiger partial charge in [0.2, 0.25) is 10.0 Å². The van der Waals surface area contributed by atoms with Crippen LogP contribution in [0.15, 0.2) is 47.4 Å². The first-order chi connectivity index (χ1) is 13.2. The highest BCUT2D eigenvalue weighted by molar-refractivity contribution is 7.89. The van der Waals surface area contributed by atoms with Crippen molar-refractivity contribution in [1.29, 1.82) is 0 Å². The average Bonchev–Trinajstić information content (AvgIpc) is 2.63. The molecular weight excluding hydrogens is 398 g/mol. The van der Waals surface area contributed by atoms with Crippen molar-refractivity contribution in [3.63, 3.8) is 0 Å². The third kappa shape index (κ3) is 4.57. The molecule has 2 atom stereocenters. The zero-order chi connectivity index (χ0) is 20.5. The van der Waals surface area contributed by atoms with Gasteiger partial charge in [0.05, 0.1) is 10.5 Å². The molecule has 0 aliphatic carbocycles. The Kier molecular flexibility index (Phi) is 6.12. The van der Waals surface area contributed by atoms with Crippen LogP contribution in [-0.2, 0) is 10.0 Å². The summed E-state index contributed by atoms with van der Waals surface area (Å²) in [5.41, 5.74) is 1.03. The van der Waals surface area contributed by atoms with Crippen LogP contribution in [0.25, 0.3) is 0 Å². The number of ether oxygens (including phenoxy) is 1.